The topological polar surface area (TPSA) is 78.7 Å². The second-order valence-electron chi connectivity index (χ2n) is 4.61. The van der Waals surface area contributed by atoms with Crippen LogP contribution in [0.5, 0.6) is 0 Å². The normalized spacial score (nSPS) is 15.1. The third kappa shape index (κ3) is 5.03. The summed E-state index contributed by atoms with van der Waals surface area (Å²) in [6.45, 7) is 1.53. The molecule has 1 heterocycles. The zero-order valence-corrected chi connectivity index (χ0v) is 11.1. The summed E-state index contributed by atoms with van der Waals surface area (Å²) < 4.78 is 5.13. The van der Waals surface area contributed by atoms with Gasteiger partial charge in [0.1, 0.15) is 5.76 Å². The molecule has 0 saturated heterocycles. The van der Waals surface area contributed by atoms with Crippen molar-refractivity contribution in [1.29, 1.82) is 0 Å². The van der Waals surface area contributed by atoms with Crippen LogP contribution in [0.4, 0.5) is 0 Å². The molecule has 0 atom stereocenters. The highest BCUT2D eigenvalue weighted by molar-refractivity contribution is 5.86. The Bertz CT molecular complexity index is 424. The highest BCUT2D eigenvalue weighted by atomic mass is 16.3. The fourth-order valence-electron chi connectivity index (χ4n) is 1.61. The van der Waals surface area contributed by atoms with Crippen molar-refractivity contribution in [3.05, 3.63) is 24.2 Å². The van der Waals surface area contributed by atoms with Crippen molar-refractivity contribution >= 4 is 11.9 Å². The van der Waals surface area contributed by atoms with E-state index in [1.807, 2.05) is 6.07 Å². The second-order valence-corrected chi connectivity index (χ2v) is 4.61. The lowest BCUT2D eigenvalue weighted by atomic mass is 10.4. The van der Waals surface area contributed by atoms with Gasteiger partial charge in [-0.05, 0) is 30.9 Å². The van der Waals surface area contributed by atoms with Gasteiger partial charge in [0.05, 0.1) is 19.4 Å². The predicted octanol–water partition coefficient (Wildman–Crippen LogP) is 0.471. The summed E-state index contributed by atoms with van der Waals surface area (Å²) in [6, 6.07) is 3.62. The van der Waals surface area contributed by atoms with Crippen LogP contribution in [0.1, 0.15) is 18.6 Å². The number of hydrogen-bond acceptors (Lipinski definition) is 3. The third-order valence-electron chi connectivity index (χ3n) is 2.93. The first-order chi connectivity index (χ1) is 9.28. The summed E-state index contributed by atoms with van der Waals surface area (Å²) in [5.41, 5.74) is 0. The quantitative estimate of drug-likeness (QED) is 0.515. The number of nitrogens with zero attached hydrogens (tertiary/aromatic N) is 1. The van der Waals surface area contributed by atoms with Gasteiger partial charge in [-0.25, -0.2) is 0 Å². The number of carbonyl (C=O) groups is 1. The zero-order chi connectivity index (χ0) is 13.5. The van der Waals surface area contributed by atoms with Crippen molar-refractivity contribution < 1.29 is 9.21 Å². The first-order valence-corrected chi connectivity index (χ1v) is 6.51. The molecule has 0 aromatic carbocycles. The molecule has 0 radical (unpaired) electrons. The first kappa shape index (κ1) is 13.5. The molecule has 2 rings (SSSR count). The van der Waals surface area contributed by atoms with Crippen molar-refractivity contribution in [2.24, 2.45) is 10.9 Å². The van der Waals surface area contributed by atoms with E-state index in [1.165, 1.54) is 12.8 Å². The number of carbonyl (C=O) groups excluding carboxylic acids is 1. The predicted molar refractivity (Wildman–Crippen MR) is 72.6 cm³/mol. The third-order valence-corrected chi connectivity index (χ3v) is 2.93. The van der Waals surface area contributed by atoms with Crippen LogP contribution < -0.4 is 16.0 Å². The van der Waals surface area contributed by atoms with E-state index in [0.717, 1.165) is 18.2 Å². The lowest BCUT2D eigenvalue weighted by molar-refractivity contribution is -0.120. The summed E-state index contributed by atoms with van der Waals surface area (Å²) in [7, 11) is 1.70. The largest absolute Gasteiger partial charge is 0.467 e. The van der Waals surface area contributed by atoms with E-state index < -0.39 is 0 Å². The van der Waals surface area contributed by atoms with E-state index in [0.29, 0.717) is 12.5 Å². The van der Waals surface area contributed by atoms with E-state index in [2.05, 4.69) is 20.9 Å². The molecule has 1 aliphatic carbocycles. The molecule has 1 amide bonds. The van der Waals surface area contributed by atoms with E-state index in [9.17, 15) is 4.79 Å². The molecule has 1 aliphatic rings. The molecular formula is C13H20N4O2. The summed E-state index contributed by atoms with van der Waals surface area (Å²) in [6.07, 6.45) is 4.16. The standard InChI is InChI=1S/C13H20N4O2/c1-14-13(16-7-10-4-5-10)17-9-12(18)15-8-11-3-2-6-19-11/h2-3,6,10H,4-5,7-9H2,1H3,(H,15,18)(H2,14,16,17). The number of guanidine groups is 1. The van der Waals surface area contributed by atoms with Gasteiger partial charge < -0.3 is 20.4 Å². The lowest BCUT2D eigenvalue weighted by Crippen LogP contribution is -2.43. The van der Waals surface area contributed by atoms with Crippen molar-refractivity contribution in [1.82, 2.24) is 16.0 Å². The van der Waals surface area contributed by atoms with Crippen LogP contribution in [0.15, 0.2) is 27.8 Å². The Kier molecular flexibility index (Phi) is 4.83. The van der Waals surface area contributed by atoms with Crippen molar-refractivity contribution in [3.8, 4) is 0 Å². The van der Waals surface area contributed by atoms with Crippen LogP contribution in [0.2, 0.25) is 0 Å². The van der Waals surface area contributed by atoms with Gasteiger partial charge >= 0.3 is 0 Å². The Morgan fingerprint density at radius 1 is 1.42 bits per heavy atom. The van der Waals surface area contributed by atoms with Crippen LogP contribution in [0.25, 0.3) is 0 Å². The number of rotatable bonds is 6. The average Bonchev–Trinajstić information content (AvgIpc) is 3.10. The Hall–Kier alpha value is -1.98. The second kappa shape index (κ2) is 6.82. The maximum absolute atomic E-state index is 11.6. The van der Waals surface area contributed by atoms with Crippen LogP contribution >= 0.6 is 0 Å². The van der Waals surface area contributed by atoms with Crippen LogP contribution in [-0.4, -0.2) is 32.0 Å². The first-order valence-electron chi connectivity index (χ1n) is 6.51. The molecule has 104 valence electrons. The molecular weight excluding hydrogens is 244 g/mol. The highest BCUT2D eigenvalue weighted by Gasteiger charge is 2.21. The molecule has 1 fully saturated rings. The van der Waals surface area contributed by atoms with Gasteiger partial charge in [0, 0.05) is 13.6 Å². The van der Waals surface area contributed by atoms with E-state index in [-0.39, 0.29) is 12.5 Å². The summed E-state index contributed by atoms with van der Waals surface area (Å²) in [5.74, 6) is 2.08. The minimum absolute atomic E-state index is 0.0919. The molecule has 0 bridgehead atoms. The van der Waals surface area contributed by atoms with Crippen LogP contribution in [0.3, 0.4) is 0 Å². The van der Waals surface area contributed by atoms with Gasteiger partial charge in [-0.1, -0.05) is 0 Å². The van der Waals surface area contributed by atoms with Crippen LogP contribution in [-0.2, 0) is 11.3 Å². The van der Waals surface area contributed by atoms with Gasteiger partial charge in [0.25, 0.3) is 0 Å². The summed E-state index contributed by atoms with van der Waals surface area (Å²) in [5, 5.41) is 8.94. The van der Waals surface area contributed by atoms with Gasteiger partial charge in [0.15, 0.2) is 5.96 Å². The van der Waals surface area contributed by atoms with Gasteiger partial charge in [-0.2, -0.15) is 0 Å². The minimum atomic E-state index is -0.0919. The molecule has 6 nitrogen and oxygen atoms in total. The van der Waals surface area contributed by atoms with Crippen LogP contribution in [0, 0.1) is 5.92 Å². The lowest BCUT2D eigenvalue weighted by Gasteiger charge is -2.11. The Labute approximate surface area is 112 Å². The Balaban J connectivity index is 1.61. The average molecular weight is 264 g/mol. The molecule has 1 aromatic heterocycles. The molecule has 1 aromatic rings. The Morgan fingerprint density at radius 3 is 2.89 bits per heavy atom. The van der Waals surface area contributed by atoms with E-state index in [1.54, 1.807) is 19.4 Å². The number of nitrogens with one attached hydrogen (secondary N) is 3. The number of aliphatic imine (C=N–C) groups is 1. The summed E-state index contributed by atoms with van der Waals surface area (Å²) >= 11 is 0. The van der Waals surface area contributed by atoms with Gasteiger partial charge in [0.2, 0.25) is 5.91 Å². The maximum Gasteiger partial charge on any atom is 0.239 e. The zero-order valence-electron chi connectivity index (χ0n) is 11.1. The molecule has 0 unspecified atom stereocenters. The molecule has 1 saturated carbocycles. The fourth-order valence-corrected chi connectivity index (χ4v) is 1.61. The Morgan fingerprint density at radius 2 is 2.26 bits per heavy atom. The summed E-state index contributed by atoms with van der Waals surface area (Å²) in [4.78, 5) is 15.7. The van der Waals surface area contributed by atoms with Crippen molar-refractivity contribution in [2.75, 3.05) is 20.1 Å². The highest BCUT2D eigenvalue weighted by Crippen LogP contribution is 2.27. The molecule has 0 aliphatic heterocycles. The van der Waals surface area contributed by atoms with Gasteiger partial charge in [-0.15, -0.1) is 0 Å². The number of amides is 1. The maximum atomic E-state index is 11.6. The molecule has 6 heteroatoms. The van der Waals surface area contributed by atoms with Crippen molar-refractivity contribution in [2.45, 2.75) is 19.4 Å². The molecule has 3 N–H and O–H groups in total. The van der Waals surface area contributed by atoms with E-state index in [4.69, 9.17) is 4.42 Å². The molecule has 0 spiro atoms. The van der Waals surface area contributed by atoms with Gasteiger partial charge in [-0.3, -0.25) is 9.79 Å². The van der Waals surface area contributed by atoms with E-state index >= 15 is 0 Å². The number of hydrogen-bond donors (Lipinski definition) is 3. The monoisotopic (exact) mass is 264 g/mol. The molecule has 19 heavy (non-hydrogen) atoms. The SMILES string of the molecule is CN=C(NCC(=O)NCc1ccco1)NCC1CC1. The minimum Gasteiger partial charge on any atom is -0.467 e. The van der Waals surface area contributed by atoms with Crippen molar-refractivity contribution in [3.63, 3.8) is 0 Å². The smallest absolute Gasteiger partial charge is 0.239 e. The fraction of sp³-hybridized carbons (Fsp3) is 0.538. The number of furan rings is 1.